The lowest BCUT2D eigenvalue weighted by Gasteiger charge is -2.05. The number of hydrogen-bond acceptors (Lipinski definition) is 3. The van der Waals surface area contributed by atoms with E-state index in [4.69, 9.17) is 5.26 Å². The topological polar surface area (TPSA) is 53.6 Å². The number of rotatable bonds is 7. The number of nitriles is 1. The van der Waals surface area contributed by atoms with E-state index < -0.39 is 0 Å². The van der Waals surface area contributed by atoms with Crippen molar-refractivity contribution in [3.05, 3.63) is 18.7 Å². The first kappa shape index (κ1) is 11.7. The second-order valence-electron chi connectivity index (χ2n) is 3.74. The maximum absolute atomic E-state index is 8.56. The molecule has 1 aromatic rings. The lowest BCUT2D eigenvalue weighted by Crippen LogP contribution is -2.21. The van der Waals surface area contributed by atoms with Crippen molar-refractivity contribution in [3.63, 3.8) is 0 Å². The van der Waals surface area contributed by atoms with E-state index in [2.05, 4.69) is 20.9 Å². The van der Waals surface area contributed by atoms with E-state index in [0.717, 1.165) is 32.5 Å². The molecule has 1 N–H and O–H groups in total. The first-order valence-corrected chi connectivity index (χ1v) is 5.39. The second-order valence-corrected chi connectivity index (χ2v) is 3.74. The molecule has 4 nitrogen and oxygen atoms in total. The van der Waals surface area contributed by atoms with E-state index in [1.54, 1.807) is 6.20 Å². The Morgan fingerprint density at radius 2 is 2.40 bits per heavy atom. The van der Waals surface area contributed by atoms with Crippen LogP contribution in [0.15, 0.2) is 18.7 Å². The second kappa shape index (κ2) is 7.02. The Balaban J connectivity index is 1.92. The smallest absolute Gasteiger partial charge is 0.0945 e. The molecule has 1 atom stereocenters. The molecule has 1 aromatic heterocycles. The van der Waals surface area contributed by atoms with Crippen LogP contribution in [0.3, 0.4) is 0 Å². The van der Waals surface area contributed by atoms with E-state index in [1.807, 2.05) is 19.4 Å². The summed E-state index contributed by atoms with van der Waals surface area (Å²) in [7, 11) is 0. The molecule has 0 fully saturated rings. The van der Waals surface area contributed by atoms with Gasteiger partial charge < -0.3 is 9.88 Å². The number of nitrogens with one attached hydrogen (secondary N) is 1. The van der Waals surface area contributed by atoms with Gasteiger partial charge in [0.25, 0.3) is 0 Å². The molecule has 0 saturated carbocycles. The molecule has 1 heterocycles. The highest BCUT2D eigenvalue weighted by molar-refractivity contribution is 4.80. The van der Waals surface area contributed by atoms with Crippen LogP contribution in [0, 0.1) is 17.2 Å². The fourth-order valence-corrected chi connectivity index (χ4v) is 1.33. The van der Waals surface area contributed by atoms with Gasteiger partial charge in [0.15, 0.2) is 0 Å². The molecule has 0 saturated heterocycles. The number of aromatic nitrogens is 2. The van der Waals surface area contributed by atoms with Crippen LogP contribution < -0.4 is 5.32 Å². The van der Waals surface area contributed by atoms with Gasteiger partial charge in [-0.25, -0.2) is 4.98 Å². The zero-order valence-electron chi connectivity index (χ0n) is 9.19. The Hall–Kier alpha value is -1.34. The standard InChI is InChI=1S/C11H18N4/c1-11(8-12)9-13-4-2-3-6-15-7-5-14-10-15/h5,7,10-11,13H,2-4,6,9H2,1H3. The van der Waals surface area contributed by atoms with Crippen molar-refractivity contribution in [1.29, 1.82) is 5.26 Å². The molecule has 0 spiro atoms. The minimum absolute atomic E-state index is 0.110. The van der Waals surface area contributed by atoms with Crippen LogP contribution in [0.1, 0.15) is 19.8 Å². The molecule has 0 aliphatic carbocycles. The third-order valence-electron chi connectivity index (χ3n) is 2.25. The SMILES string of the molecule is CC(C#N)CNCCCCn1ccnc1. The number of unbranched alkanes of at least 4 members (excludes halogenated alkanes) is 1. The molecule has 0 amide bonds. The largest absolute Gasteiger partial charge is 0.337 e. The highest BCUT2D eigenvalue weighted by Gasteiger charge is 1.97. The third-order valence-corrected chi connectivity index (χ3v) is 2.25. The lowest BCUT2D eigenvalue weighted by atomic mass is 10.2. The molecular formula is C11H18N4. The summed E-state index contributed by atoms with van der Waals surface area (Å²) in [5, 5.41) is 11.8. The Bertz CT molecular complexity index is 286. The van der Waals surface area contributed by atoms with Crippen molar-refractivity contribution < 1.29 is 0 Å². The van der Waals surface area contributed by atoms with Gasteiger partial charge in [-0.3, -0.25) is 0 Å². The molecule has 0 aliphatic heterocycles. The fourth-order valence-electron chi connectivity index (χ4n) is 1.33. The molecule has 0 aliphatic rings. The van der Waals surface area contributed by atoms with Crippen LogP contribution >= 0.6 is 0 Å². The summed E-state index contributed by atoms with van der Waals surface area (Å²) in [6, 6.07) is 2.20. The van der Waals surface area contributed by atoms with Crippen LogP contribution in [0.2, 0.25) is 0 Å². The van der Waals surface area contributed by atoms with Gasteiger partial charge in [0.2, 0.25) is 0 Å². The third kappa shape index (κ3) is 5.18. The molecule has 0 aromatic carbocycles. The van der Waals surface area contributed by atoms with Gasteiger partial charge in [0, 0.05) is 25.5 Å². The summed E-state index contributed by atoms with van der Waals surface area (Å²) >= 11 is 0. The molecule has 4 heteroatoms. The minimum atomic E-state index is 0.110. The molecule has 0 bridgehead atoms. The highest BCUT2D eigenvalue weighted by Crippen LogP contribution is 1.94. The van der Waals surface area contributed by atoms with E-state index in [9.17, 15) is 0 Å². The molecule has 1 unspecified atom stereocenters. The zero-order valence-corrected chi connectivity index (χ0v) is 9.19. The summed E-state index contributed by atoms with van der Waals surface area (Å²) in [5.41, 5.74) is 0. The Kier molecular flexibility index (Phi) is 5.49. The van der Waals surface area contributed by atoms with Gasteiger partial charge in [-0.2, -0.15) is 5.26 Å². The van der Waals surface area contributed by atoms with Crippen LogP contribution in [0.25, 0.3) is 0 Å². The van der Waals surface area contributed by atoms with E-state index >= 15 is 0 Å². The van der Waals surface area contributed by atoms with E-state index in [-0.39, 0.29) is 5.92 Å². The summed E-state index contributed by atoms with van der Waals surface area (Å²) in [6.07, 6.45) is 7.89. The minimum Gasteiger partial charge on any atom is -0.337 e. The van der Waals surface area contributed by atoms with Crippen molar-refractivity contribution in [2.75, 3.05) is 13.1 Å². The fraction of sp³-hybridized carbons (Fsp3) is 0.636. The first-order chi connectivity index (χ1) is 7.33. The zero-order chi connectivity index (χ0) is 10.9. The Labute approximate surface area is 90.9 Å². The maximum Gasteiger partial charge on any atom is 0.0945 e. The monoisotopic (exact) mass is 206 g/mol. The van der Waals surface area contributed by atoms with Gasteiger partial charge in [-0.1, -0.05) is 0 Å². The molecule has 1 rings (SSSR count). The predicted molar refractivity (Wildman–Crippen MR) is 59.1 cm³/mol. The molecule has 0 radical (unpaired) electrons. The average molecular weight is 206 g/mol. The summed E-state index contributed by atoms with van der Waals surface area (Å²) in [4.78, 5) is 3.98. The number of imidazole rings is 1. The van der Waals surface area contributed by atoms with E-state index in [0.29, 0.717) is 0 Å². The number of aryl methyl sites for hydroxylation is 1. The quantitative estimate of drug-likeness (QED) is 0.686. The molecular weight excluding hydrogens is 188 g/mol. The van der Waals surface area contributed by atoms with Gasteiger partial charge in [0.1, 0.15) is 0 Å². The van der Waals surface area contributed by atoms with Crippen molar-refractivity contribution in [2.24, 2.45) is 5.92 Å². The summed E-state index contributed by atoms with van der Waals surface area (Å²) in [6.45, 7) is 4.73. The van der Waals surface area contributed by atoms with Gasteiger partial charge in [-0.15, -0.1) is 0 Å². The van der Waals surface area contributed by atoms with Crippen LogP contribution in [-0.4, -0.2) is 22.6 Å². The van der Waals surface area contributed by atoms with Gasteiger partial charge >= 0.3 is 0 Å². The van der Waals surface area contributed by atoms with Crippen molar-refractivity contribution in [3.8, 4) is 6.07 Å². The first-order valence-electron chi connectivity index (χ1n) is 5.39. The number of nitrogens with zero attached hydrogens (tertiary/aromatic N) is 3. The van der Waals surface area contributed by atoms with Crippen molar-refractivity contribution >= 4 is 0 Å². The Morgan fingerprint density at radius 3 is 3.07 bits per heavy atom. The van der Waals surface area contributed by atoms with Crippen LogP contribution in [-0.2, 0) is 6.54 Å². The van der Waals surface area contributed by atoms with Crippen molar-refractivity contribution in [2.45, 2.75) is 26.3 Å². The summed E-state index contributed by atoms with van der Waals surface area (Å²) in [5.74, 6) is 0.110. The lowest BCUT2D eigenvalue weighted by molar-refractivity contribution is 0.544. The summed E-state index contributed by atoms with van der Waals surface area (Å²) < 4.78 is 2.08. The Morgan fingerprint density at radius 1 is 1.53 bits per heavy atom. The van der Waals surface area contributed by atoms with Crippen molar-refractivity contribution in [1.82, 2.24) is 14.9 Å². The predicted octanol–water partition coefficient (Wildman–Crippen LogP) is 1.41. The van der Waals surface area contributed by atoms with Gasteiger partial charge in [-0.05, 0) is 26.3 Å². The number of hydrogen-bond donors (Lipinski definition) is 1. The maximum atomic E-state index is 8.56. The highest BCUT2D eigenvalue weighted by atomic mass is 15.0. The van der Waals surface area contributed by atoms with E-state index in [1.165, 1.54) is 0 Å². The average Bonchev–Trinajstić information content (AvgIpc) is 2.75. The molecule has 15 heavy (non-hydrogen) atoms. The normalized spacial score (nSPS) is 12.3. The van der Waals surface area contributed by atoms with Crippen LogP contribution in [0.4, 0.5) is 0 Å². The van der Waals surface area contributed by atoms with Crippen LogP contribution in [0.5, 0.6) is 0 Å². The molecule has 82 valence electrons. The van der Waals surface area contributed by atoms with Gasteiger partial charge in [0.05, 0.1) is 18.3 Å².